The molecule has 0 N–H and O–H groups in total. The van der Waals surface area contributed by atoms with Gasteiger partial charge in [0.1, 0.15) is 0 Å². The van der Waals surface area contributed by atoms with E-state index in [1.54, 1.807) is 0 Å². The topological polar surface area (TPSA) is 22.0 Å². The molecule has 15 heavy (non-hydrogen) atoms. The summed E-state index contributed by atoms with van der Waals surface area (Å²) in [5.41, 5.74) is 3.10. The number of thioether (sulfide) groups is 1. The Morgan fingerprint density at radius 2 is 2.20 bits per heavy atom. The summed E-state index contributed by atoms with van der Waals surface area (Å²) in [6, 6.07) is 1.96. The number of aldehydes is 1. The second kappa shape index (κ2) is 5.40. The summed E-state index contributed by atoms with van der Waals surface area (Å²) in [6.07, 6.45) is 4.23. The quantitative estimate of drug-likeness (QED) is 0.718. The van der Waals surface area contributed by atoms with E-state index >= 15 is 0 Å². The van der Waals surface area contributed by atoms with Crippen LogP contribution < -0.4 is 0 Å². The molecule has 84 valence electrons. The van der Waals surface area contributed by atoms with Crippen LogP contribution in [0.1, 0.15) is 35.1 Å². The van der Waals surface area contributed by atoms with Crippen LogP contribution in [0, 0.1) is 13.8 Å². The van der Waals surface area contributed by atoms with Crippen molar-refractivity contribution in [1.29, 1.82) is 0 Å². The summed E-state index contributed by atoms with van der Waals surface area (Å²) in [5, 5.41) is 0.672. The van der Waals surface area contributed by atoms with Gasteiger partial charge in [-0.3, -0.25) is 4.79 Å². The van der Waals surface area contributed by atoms with E-state index < -0.39 is 0 Å². The predicted molar refractivity (Wildman–Crippen MR) is 66.9 cm³/mol. The lowest BCUT2D eigenvalue weighted by atomic mass is 10.3. The Kier molecular flexibility index (Phi) is 4.45. The largest absolute Gasteiger partial charge is 0.348 e. The Morgan fingerprint density at radius 1 is 1.53 bits per heavy atom. The van der Waals surface area contributed by atoms with Crippen LogP contribution in [0.3, 0.4) is 0 Å². The molecule has 0 aliphatic heterocycles. The van der Waals surface area contributed by atoms with E-state index in [0.717, 1.165) is 30.5 Å². The van der Waals surface area contributed by atoms with Gasteiger partial charge in [0.15, 0.2) is 6.29 Å². The number of hydrogen-bond donors (Lipinski definition) is 0. The SMILES string of the molecule is CSC(C)CCn1c(C)cc(C=O)c1C. The Morgan fingerprint density at radius 3 is 2.67 bits per heavy atom. The van der Waals surface area contributed by atoms with Gasteiger partial charge < -0.3 is 4.57 Å². The highest BCUT2D eigenvalue weighted by Crippen LogP contribution is 2.17. The molecule has 1 rings (SSSR count). The zero-order chi connectivity index (χ0) is 11.4. The minimum atomic E-state index is 0.672. The first-order valence-electron chi connectivity index (χ1n) is 5.24. The Bertz CT molecular complexity index is 344. The molecule has 0 fully saturated rings. The van der Waals surface area contributed by atoms with Gasteiger partial charge in [-0.05, 0) is 32.6 Å². The third-order valence-corrected chi connectivity index (χ3v) is 3.94. The molecule has 0 aliphatic rings. The van der Waals surface area contributed by atoms with Crippen LogP contribution in [0.5, 0.6) is 0 Å². The van der Waals surface area contributed by atoms with E-state index in [9.17, 15) is 4.79 Å². The van der Waals surface area contributed by atoms with Gasteiger partial charge in [0.2, 0.25) is 0 Å². The van der Waals surface area contributed by atoms with Gasteiger partial charge >= 0.3 is 0 Å². The van der Waals surface area contributed by atoms with Crippen LogP contribution in [-0.2, 0) is 6.54 Å². The number of hydrogen-bond acceptors (Lipinski definition) is 2. The van der Waals surface area contributed by atoms with E-state index in [-0.39, 0.29) is 0 Å². The van der Waals surface area contributed by atoms with Gasteiger partial charge in [-0.1, -0.05) is 6.92 Å². The molecule has 0 aliphatic carbocycles. The molecule has 0 amide bonds. The summed E-state index contributed by atoms with van der Waals surface area (Å²) in [7, 11) is 0. The van der Waals surface area contributed by atoms with Crippen molar-refractivity contribution in [3.63, 3.8) is 0 Å². The maximum atomic E-state index is 10.8. The van der Waals surface area contributed by atoms with Gasteiger partial charge in [-0.2, -0.15) is 11.8 Å². The van der Waals surface area contributed by atoms with Gasteiger partial charge in [-0.15, -0.1) is 0 Å². The molecule has 0 radical (unpaired) electrons. The van der Waals surface area contributed by atoms with Gasteiger partial charge in [0, 0.05) is 28.7 Å². The fourth-order valence-corrected chi connectivity index (χ4v) is 2.06. The molecule has 1 aromatic rings. The lowest BCUT2D eigenvalue weighted by Gasteiger charge is -2.12. The average molecular weight is 225 g/mol. The molecule has 0 spiro atoms. The molecule has 0 saturated carbocycles. The number of rotatable bonds is 5. The highest BCUT2D eigenvalue weighted by molar-refractivity contribution is 7.99. The van der Waals surface area contributed by atoms with Crippen molar-refractivity contribution in [1.82, 2.24) is 4.57 Å². The Hall–Kier alpha value is -0.700. The van der Waals surface area contributed by atoms with Crippen molar-refractivity contribution in [2.75, 3.05) is 6.26 Å². The first-order valence-corrected chi connectivity index (χ1v) is 6.53. The molecular formula is C12H19NOS. The van der Waals surface area contributed by atoms with Crippen molar-refractivity contribution in [2.45, 2.75) is 39.0 Å². The summed E-state index contributed by atoms with van der Waals surface area (Å²) in [5.74, 6) is 0. The molecule has 2 nitrogen and oxygen atoms in total. The average Bonchev–Trinajstić information content (AvgIpc) is 2.51. The Labute approximate surface area is 96.1 Å². The van der Waals surface area contributed by atoms with E-state index in [4.69, 9.17) is 0 Å². The second-order valence-electron chi connectivity index (χ2n) is 3.93. The van der Waals surface area contributed by atoms with E-state index in [1.165, 1.54) is 5.69 Å². The van der Waals surface area contributed by atoms with Crippen molar-refractivity contribution in [2.24, 2.45) is 0 Å². The number of carbonyl (C=O) groups is 1. The maximum Gasteiger partial charge on any atom is 0.151 e. The molecule has 0 aromatic carbocycles. The third-order valence-electron chi connectivity index (χ3n) is 2.90. The smallest absolute Gasteiger partial charge is 0.151 e. The summed E-state index contributed by atoms with van der Waals surface area (Å²) in [4.78, 5) is 10.8. The normalized spacial score (nSPS) is 12.8. The van der Waals surface area contributed by atoms with Crippen molar-refractivity contribution in [3.05, 3.63) is 23.0 Å². The van der Waals surface area contributed by atoms with Crippen molar-refractivity contribution >= 4 is 18.0 Å². The fraction of sp³-hybridized carbons (Fsp3) is 0.583. The maximum absolute atomic E-state index is 10.8. The Balaban J connectivity index is 2.76. The molecule has 1 aromatic heterocycles. The standard InChI is InChI=1S/C12H19NOS/c1-9-7-12(8-14)11(3)13(9)6-5-10(2)15-4/h7-8,10H,5-6H2,1-4H3. The van der Waals surface area contributed by atoms with Crippen LogP contribution >= 0.6 is 11.8 Å². The zero-order valence-corrected chi connectivity index (χ0v) is 10.7. The summed E-state index contributed by atoms with van der Waals surface area (Å²) >= 11 is 1.89. The van der Waals surface area contributed by atoms with Gasteiger partial charge in [0.05, 0.1) is 0 Å². The predicted octanol–water partition coefficient (Wildman–Crippen LogP) is 3.06. The van der Waals surface area contributed by atoms with Crippen LogP contribution in [0.15, 0.2) is 6.07 Å². The fourth-order valence-electron chi connectivity index (χ4n) is 1.72. The molecular weight excluding hydrogens is 206 g/mol. The van der Waals surface area contributed by atoms with Crippen LogP contribution in [0.25, 0.3) is 0 Å². The number of aromatic nitrogens is 1. The van der Waals surface area contributed by atoms with Crippen LogP contribution in [-0.4, -0.2) is 22.4 Å². The monoisotopic (exact) mass is 225 g/mol. The first kappa shape index (κ1) is 12.4. The summed E-state index contributed by atoms with van der Waals surface area (Å²) in [6.45, 7) is 7.32. The van der Waals surface area contributed by atoms with Crippen molar-refractivity contribution in [3.8, 4) is 0 Å². The molecule has 0 saturated heterocycles. The van der Waals surface area contributed by atoms with Crippen LogP contribution in [0.4, 0.5) is 0 Å². The second-order valence-corrected chi connectivity index (χ2v) is 5.21. The molecule has 1 heterocycles. The molecule has 1 unspecified atom stereocenters. The minimum absolute atomic E-state index is 0.672. The lowest BCUT2D eigenvalue weighted by Crippen LogP contribution is -2.07. The van der Waals surface area contributed by atoms with Crippen molar-refractivity contribution < 1.29 is 4.79 Å². The number of aryl methyl sites for hydroxylation is 1. The highest BCUT2D eigenvalue weighted by atomic mass is 32.2. The molecule has 0 bridgehead atoms. The van der Waals surface area contributed by atoms with Gasteiger partial charge in [-0.25, -0.2) is 0 Å². The number of nitrogens with zero attached hydrogens (tertiary/aromatic N) is 1. The molecule has 3 heteroatoms. The zero-order valence-electron chi connectivity index (χ0n) is 9.91. The van der Waals surface area contributed by atoms with Gasteiger partial charge in [0.25, 0.3) is 0 Å². The molecule has 1 atom stereocenters. The lowest BCUT2D eigenvalue weighted by molar-refractivity contribution is 0.112. The number of carbonyl (C=O) groups excluding carboxylic acids is 1. The highest BCUT2D eigenvalue weighted by Gasteiger charge is 2.08. The van der Waals surface area contributed by atoms with Crippen LogP contribution in [0.2, 0.25) is 0 Å². The first-order chi connectivity index (χ1) is 7.10. The van der Waals surface area contributed by atoms with E-state index in [1.807, 2.05) is 24.8 Å². The van der Waals surface area contributed by atoms with E-state index in [0.29, 0.717) is 5.25 Å². The van der Waals surface area contributed by atoms with E-state index in [2.05, 4.69) is 24.7 Å². The minimum Gasteiger partial charge on any atom is -0.348 e. The third kappa shape index (κ3) is 2.88. The summed E-state index contributed by atoms with van der Waals surface area (Å²) < 4.78 is 2.23.